The van der Waals surface area contributed by atoms with Gasteiger partial charge in [0, 0.05) is 6.04 Å². The summed E-state index contributed by atoms with van der Waals surface area (Å²) in [5, 5.41) is 3.31. The Morgan fingerprint density at radius 1 is 1.40 bits per heavy atom. The molecule has 0 amide bonds. The molecule has 1 atom stereocenters. The zero-order valence-electron chi connectivity index (χ0n) is 8.25. The molecule has 0 spiro atoms. The first-order valence-corrected chi connectivity index (χ1v) is 5.04. The predicted molar refractivity (Wildman–Crippen MR) is 53.1 cm³/mol. The molecular weight excluding hydrogens is 200 g/mol. The van der Waals surface area contributed by atoms with Gasteiger partial charge in [0.1, 0.15) is 5.75 Å². The van der Waals surface area contributed by atoms with Crippen molar-refractivity contribution >= 4 is 0 Å². The molecule has 0 aliphatic carbocycles. The van der Waals surface area contributed by atoms with E-state index in [1.165, 1.54) is 0 Å². The second-order valence-corrected chi connectivity index (χ2v) is 3.60. The number of hydrogen-bond acceptors (Lipinski definition) is 2. The molecule has 0 bridgehead atoms. The quantitative estimate of drug-likeness (QED) is 0.833. The third-order valence-electron chi connectivity index (χ3n) is 2.55. The van der Waals surface area contributed by atoms with Crippen LogP contribution in [-0.4, -0.2) is 13.2 Å². The number of hydrogen-bond donors (Lipinski definition) is 1. The minimum Gasteiger partial charge on any atom is -0.435 e. The highest BCUT2D eigenvalue weighted by Crippen LogP contribution is 2.26. The van der Waals surface area contributed by atoms with Crippen LogP contribution >= 0.6 is 0 Å². The molecule has 2 nitrogen and oxygen atoms in total. The van der Waals surface area contributed by atoms with Gasteiger partial charge in [0.25, 0.3) is 0 Å². The molecule has 0 radical (unpaired) electrons. The Bertz CT molecular complexity index is 324. The van der Waals surface area contributed by atoms with Gasteiger partial charge in [0.05, 0.1) is 0 Å². The minimum atomic E-state index is -2.75. The van der Waals surface area contributed by atoms with Crippen molar-refractivity contribution < 1.29 is 13.5 Å². The molecule has 1 aliphatic heterocycles. The average molecular weight is 213 g/mol. The van der Waals surface area contributed by atoms with Crippen molar-refractivity contribution in [2.24, 2.45) is 0 Å². The summed E-state index contributed by atoms with van der Waals surface area (Å²) in [5.41, 5.74) is 1.02. The normalized spacial score (nSPS) is 20.9. The van der Waals surface area contributed by atoms with Gasteiger partial charge in [-0.3, -0.25) is 0 Å². The first-order valence-electron chi connectivity index (χ1n) is 5.04. The van der Waals surface area contributed by atoms with Crippen molar-refractivity contribution in [3.05, 3.63) is 29.8 Å². The second-order valence-electron chi connectivity index (χ2n) is 3.60. The monoisotopic (exact) mass is 213 g/mol. The number of rotatable bonds is 3. The van der Waals surface area contributed by atoms with E-state index < -0.39 is 6.61 Å². The number of alkyl halides is 2. The van der Waals surface area contributed by atoms with E-state index in [0.29, 0.717) is 0 Å². The van der Waals surface area contributed by atoms with Crippen LogP contribution in [0.2, 0.25) is 0 Å². The molecule has 0 aromatic heterocycles. The SMILES string of the molecule is FC(F)Oc1cccc(C2CCCN2)c1. The zero-order chi connectivity index (χ0) is 10.7. The first-order chi connectivity index (χ1) is 7.25. The van der Waals surface area contributed by atoms with Gasteiger partial charge in [-0.05, 0) is 37.1 Å². The maximum atomic E-state index is 12.0. The van der Waals surface area contributed by atoms with Crippen molar-refractivity contribution in [2.45, 2.75) is 25.5 Å². The summed E-state index contributed by atoms with van der Waals surface area (Å²) in [5.74, 6) is 0.233. The summed E-state index contributed by atoms with van der Waals surface area (Å²) in [6.45, 7) is -1.76. The zero-order valence-corrected chi connectivity index (χ0v) is 8.25. The lowest BCUT2D eigenvalue weighted by Crippen LogP contribution is -2.13. The topological polar surface area (TPSA) is 21.3 Å². The Morgan fingerprint density at radius 2 is 2.27 bits per heavy atom. The Kier molecular flexibility index (Phi) is 3.16. The van der Waals surface area contributed by atoms with Gasteiger partial charge in [-0.1, -0.05) is 12.1 Å². The molecule has 1 N–H and O–H groups in total. The summed E-state index contributed by atoms with van der Waals surface area (Å²) in [6.07, 6.45) is 2.18. The van der Waals surface area contributed by atoms with Crippen molar-refractivity contribution in [1.82, 2.24) is 5.32 Å². The number of benzene rings is 1. The van der Waals surface area contributed by atoms with Crippen molar-refractivity contribution in [3.8, 4) is 5.75 Å². The van der Waals surface area contributed by atoms with Crippen LogP contribution in [0.3, 0.4) is 0 Å². The van der Waals surface area contributed by atoms with E-state index in [1.807, 2.05) is 6.07 Å². The Balaban J connectivity index is 2.11. The largest absolute Gasteiger partial charge is 0.435 e. The van der Waals surface area contributed by atoms with Crippen LogP contribution in [0.5, 0.6) is 5.75 Å². The van der Waals surface area contributed by atoms with Gasteiger partial charge >= 0.3 is 6.61 Å². The minimum absolute atomic E-state index is 0.233. The summed E-state index contributed by atoms with van der Waals surface area (Å²) in [6, 6.07) is 7.18. The van der Waals surface area contributed by atoms with Gasteiger partial charge in [0.2, 0.25) is 0 Å². The van der Waals surface area contributed by atoms with Gasteiger partial charge in [0.15, 0.2) is 0 Å². The van der Waals surface area contributed by atoms with Crippen LogP contribution in [-0.2, 0) is 0 Å². The van der Waals surface area contributed by atoms with E-state index in [9.17, 15) is 8.78 Å². The number of nitrogens with one attached hydrogen (secondary N) is 1. The Morgan fingerprint density at radius 3 is 2.93 bits per heavy atom. The molecule has 1 saturated heterocycles. The molecule has 1 aliphatic rings. The van der Waals surface area contributed by atoms with Crippen LogP contribution in [0.25, 0.3) is 0 Å². The summed E-state index contributed by atoms with van der Waals surface area (Å²) >= 11 is 0. The highest BCUT2D eigenvalue weighted by molar-refractivity contribution is 5.31. The summed E-state index contributed by atoms with van der Waals surface area (Å²) in [4.78, 5) is 0. The highest BCUT2D eigenvalue weighted by atomic mass is 19.3. The van der Waals surface area contributed by atoms with E-state index >= 15 is 0 Å². The summed E-state index contributed by atoms with van der Waals surface area (Å²) in [7, 11) is 0. The average Bonchev–Trinajstić information content (AvgIpc) is 2.69. The fourth-order valence-electron chi connectivity index (χ4n) is 1.88. The van der Waals surface area contributed by atoms with Crippen LogP contribution in [0.4, 0.5) is 8.78 Å². The Hall–Kier alpha value is -1.16. The van der Waals surface area contributed by atoms with E-state index in [-0.39, 0.29) is 11.8 Å². The molecule has 0 saturated carbocycles. The lowest BCUT2D eigenvalue weighted by Gasteiger charge is -2.12. The van der Waals surface area contributed by atoms with Crippen LogP contribution < -0.4 is 10.1 Å². The molecule has 1 fully saturated rings. The second kappa shape index (κ2) is 4.57. The molecule has 2 rings (SSSR count). The lowest BCUT2D eigenvalue weighted by atomic mass is 10.1. The van der Waals surface area contributed by atoms with Gasteiger partial charge in [-0.2, -0.15) is 8.78 Å². The smallest absolute Gasteiger partial charge is 0.387 e. The van der Waals surface area contributed by atoms with Crippen molar-refractivity contribution in [2.75, 3.05) is 6.54 Å². The molecule has 1 aromatic carbocycles. The van der Waals surface area contributed by atoms with Crippen molar-refractivity contribution in [1.29, 1.82) is 0 Å². The lowest BCUT2D eigenvalue weighted by molar-refractivity contribution is -0.0499. The molecule has 15 heavy (non-hydrogen) atoms. The first kappa shape index (κ1) is 10.4. The molecule has 1 heterocycles. The van der Waals surface area contributed by atoms with E-state index in [1.54, 1.807) is 18.2 Å². The van der Waals surface area contributed by atoms with Crippen molar-refractivity contribution in [3.63, 3.8) is 0 Å². The molecule has 4 heteroatoms. The number of halogens is 2. The Labute approximate surface area is 87.2 Å². The van der Waals surface area contributed by atoms with E-state index in [2.05, 4.69) is 10.1 Å². The molecule has 1 unspecified atom stereocenters. The molecule has 82 valence electrons. The number of ether oxygens (including phenoxy) is 1. The van der Waals surface area contributed by atoms with E-state index in [0.717, 1.165) is 24.9 Å². The maximum Gasteiger partial charge on any atom is 0.387 e. The van der Waals surface area contributed by atoms with Gasteiger partial charge in [-0.25, -0.2) is 0 Å². The molecule has 1 aromatic rings. The van der Waals surface area contributed by atoms with Crippen LogP contribution in [0.15, 0.2) is 24.3 Å². The van der Waals surface area contributed by atoms with Gasteiger partial charge < -0.3 is 10.1 Å². The predicted octanol–water partition coefficient (Wildman–Crippen LogP) is 2.71. The summed E-state index contributed by atoms with van der Waals surface area (Å²) < 4.78 is 28.3. The fourth-order valence-corrected chi connectivity index (χ4v) is 1.88. The molecular formula is C11H13F2NO. The third-order valence-corrected chi connectivity index (χ3v) is 2.55. The standard InChI is InChI=1S/C11H13F2NO/c12-11(13)15-9-4-1-3-8(7-9)10-5-2-6-14-10/h1,3-4,7,10-11,14H,2,5-6H2. The van der Waals surface area contributed by atoms with Crippen LogP contribution in [0.1, 0.15) is 24.4 Å². The highest BCUT2D eigenvalue weighted by Gasteiger charge is 2.16. The van der Waals surface area contributed by atoms with E-state index in [4.69, 9.17) is 0 Å². The maximum absolute atomic E-state index is 12.0. The van der Waals surface area contributed by atoms with Crippen LogP contribution in [0, 0.1) is 0 Å². The third kappa shape index (κ3) is 2.65. The fraction of sp³-hybridized carbons (Fsp3) is 0.455. The van der Waals surface area contributed by atoms with Gasteiger partial charge in [-0.15, -0.1) is 0 Å².